The van der Waals surface area contributed by atoms with Crippen LogP contribution >= 0.6 is 11.3 Å². The van der Waals surface area contributed by atoms with Crippen molar-refractivity contribution >= 4 is 53.4 Å². The summed E-state index contributed by atoms with van der Waals surface area (Å²) in [5, 5.41) is 1.70. The van der Waals surface area contributed by atoms with Crippen molar-refractivity contribution in [3.8, 4) is 45.3 Å². The Kier molecular flexibility index (Phi) is 3.69. The number of hydrogen-bond acceptors (Lipinski definition) is 5. The first-order valence-corrected chi connectivity index (χ1v) is 14.5. The summed E-state index contributed by atoms with van der Waals surface area (Å²) in [5.41, 5.74) is -0.235. The molecule has 0 aliphatic rings. The highest BCUT2D eigenvalue weighted by Crippen LogP contribution is 2.40. The minimum atomic E-state index is -0.676. The van der Waals surface area contributed by atoms with Gasteiger partial charge in [0.05, 0.1) is 15.1 Å². The lowest BCUT2D eigenvalue weighted by molar-refractivity contribution is 0.670. The number of nitrogens with zero attached hydrogens (tertiary/aromatic N) is 3. The van der Waals surface area contributed by atoms with Crippen molar-refractivity contribution in [3.63, 3.8) is 0 Å². The van der Waals surface area contributed by atoms with E-state index in [0.29, 0.717) is 11.1 Å². The van der Waals surface area contributed by atoms with Gasteiger partial charge in [-0.2, -0.15) is 0 Å². The normalized spacial score (nSPS) is 15.1. The Morgan fingerprint density at radius 3 is 2.18 bits per heavy atom. The number of furan rings is 1. The standard InChI is InChI=1S/C39H23N3OS/c1-3-11-24(12-4-1)27-16-9-17-30-28-22-21-26(23-33(28)43-35(27)30)38-40-37(25-13-5-2-6-14-25)41-39(42-38)32-19-10-18-31-29-15-7-8-20-34(29)44-36(31)32/h1-23H/i1D,3D,4D,9D,11D,12D,16D,17D,21D,22D,23D. The van der Waals surface area contributed by atoms with Gasteiger partial charge in [-0.25, -0.2) is 15.0 Å². The third kappa shape index (κ3) is 4.02. The predicted octanol–water partition coefficient (Wildman–Crippen LogP) is 10.8. The molecule has 0 amide bonds. The fourth-order valence-electron chi connectivity index (χ4n) is 5.33. The molecular weight excluding hydrogens is 559 g/mol. The molecule has 5 heteroatoms. The van der Waals surface area contributed by atoms with Crippen LogP contribution in [0.5, 0.6) is 0 Å². The molecule has 0 radical (unpaired) electrons. The minimum absolute atomic E-state index is 0.0906. The van der Waals surface area contributed by atoms with Crippen LogP contribution in [0.1, 0.15) is 15.1 Å². The van der Waals surface area contributed by atoms with Gasteiger partial charge in [0.25, 0.3) is 0 Å². The number of fused-ring (bicyclic) bond motifs is 6. The summed E-state index contributed by atoms with van der Waals surface area (Å²) in [4.78, 5) is 14.4. The third-order valence-electron chi connectivity index (χ3n) is 7.35. The highest BCUT2D eigenvalue weighted by atomic mass is 32.1. The molecule has 3 aromatic heterocycles. The molecule has 0 unspecified atom stereocenters. The summed E-state index contributed by atoms with van der Waals surface area (Å²) in [7, 11) is 0. The Balaban J connectivity index is 1.36. The van der Waals surface area contributed by atoms with Gasteiger partial charge < -0.3 is 4.42 Å². The fourth-order valence-corrected chi connectivity index (χ4v) is 6.54. The summed E-state index contributed by atoms with van der Waals surface area (Å²) in [5.74, 6) is 0.432. The molecule has 206 valence electrons. The molecule has 9 rings (SSSR count). The van der Waals surface area contributed by atoms with Gasteiger partial charge in [0, 0.05) is 53.2 Å². The molecule has 0 atom stereocenters. The van der Waals surface area contributed by atoms with E-state index < -0.39 is 72.0 Å². The minimum Gasteiger partial charge on any atom is -0.455 e. The maximum Gasteiger partial charge on any atom is 0.165 e. The van der Waals surface area contributed by atoms with E-state index in [1.54, 1.807) is 11.3 Å². The maximum atomic E-state index is 9.43. The van der Waals surface area contributed by atoms with Crippen molar-refractivity contribution in [1.29, 1.82) is 0 Å². The number of benzene rings is 6. The van der Waals surface area contributed by atoms with Crippen molar-refractivity contribution in [2.45, 2.75) is 0 Å². The third-order valence-corrected chi connectivity index (χ3v) is 8.57. The highest BCUT2D eigenvalue weighted by Gasteiger charge is 2.18. The van der Waals surface area contributed by atoms with Gasteiger partial charge in [-0.15, -0.1) is 11.3 Å². The molecule has 0 aliphatic heterocycles. The van der Waals surface area contributed by atoms with Gasteiger partial charge in [-0.3, -0.25) is 0 Å². The van der Waals surface area contributed by atoms with Gasteiger partial charge in [-0.1, -0.05) is 115 Å². The quantitative estimate of drug-likeness (QED) is 0.204. The molecule has 0 saturated heterocycles. The summed E-state index contributed by atoms with van der Waals surface area (Å²) in [6, 6.07) is 16.5. The molecule has 6 aromatic carbocycles. The summed E-state index contributed by atoms with van der Waals surface area (Å²) < 4.78 is 104. The fraction of sp³-hybridized carbons (Fsp3) is 0. The summed E-state index contributed by atoms with van der Waals surface area (Å²) in [6.07, 6.45) is 0. The summed E-state index contributed by atoms with van der Waals surface area (Å²) in [6.45, 7) is 0. The maximum absolute atomic E-state index is 9.43. The number of rotatable bonds is 4. The molecule has 0 spiro atoms. The second-order valence-corrected chi connectivity index (χ2v) is 11.0. The zero-order chi connectivity index (χ0) is 38.6. The lowest BCUT2D eigenvalue weighted by Gasteiger charge is -2.09. The van der Waals surface area contributed by atoms with Crippen molar-refractivity contribution in [1.82, 2.24) is 15.0 Å². The average Bonchev–Trinajstić information content (AvgIpc) is 3.79. The Bertz CT molecular complexity index is 3100. The van der Waals surface area contributed by atoms with Gasteiger partial charge in [0.2, 0.25) is 0 Å². The van der Waals surface area contributed by atoms with Crippen molar-refractivity contribution in [3.05, 3.63) is 139 Å². The van der Waals surface area contributed by atoms with Crippen molar-refractivity contribution in [2.75, 3.05) is 0 Å². The molecule has 0 bridgehead atoms. The Hall–Kier alpha value is -5.65. The first-order chi connectivity index (χ1) is 26.4. The number of hydrogen-bond donors (Lipinski definition) is 0. The van der Waals surface area contributed by atoms with Crippen LogP contribution in [-0.2, 0) is 0 Å². The molecule has 9 aromatic rings. The highest BCUT2D eigenvalue weighted by molar-refractivity contribution is 7.26. The Labute approximate surface area is 272 Å². The number of thiophene rings is 1. The van der Waals surface area contributed by atoms with Gasteiger partial charge in [-0.05, 0) is 29.8 Å². The predicted molar refractivity (Wildman–Crippen MR) is 182 cm³/mol. The molecule has 0 fully saturated rings. The second kappa shape index (κ2) is 9.97. The first kappa shape index (κ1) is 16.3. The second-order valence-electron chi connectivity index (χ2n) is 9.96. The van der Waals surface area contributed by atoms with Gasteiger partial charge in [0.15, 0.2) is 17.5 Å². The van der Waals surface area contributed by atoms with E-state index in [1.165, 1.54) is 0 Å². The van der Waals surface area contributed by atoms with E-state index in [2.05, 4.69) is 0 Å². The van der Waals surface area contributed by atoms with Gasteiger partial charge in [0.1, 0.15) is 11.2 Å². The van der Waals surface area contributed by atoms with Crippen LogP contribution in [0, 0.1) is 0 Å². The van der Waals surface area contributed by atoms with Crippen LogP contribution in [0.15, 0.2) is 144 Å². The Morgan fingerprint density at radius 2 is 1.30 bits per heavy atom. The van der Waals surface area contributed by atoms with Crippen LogP contribution in [0.25, 0.3) is 87.4 Å². The molecule has 3 heterocycles. The zero-order valence-corrected chi connectivity index (χ0v) is 23.4. The largest absolute Gasteiger partial charge is 0.455 e. The molecule has 44 heavy (non-hydrogen) atoms. The summed E-state index contributed by atoms with van der Waals surface area (Å²) >= 11 is 1.58. The Morgan fingerprint density at radius 1 is 0.523 bits per heavy atom. The lowest BCUT2D eigenvalue weighted by atomic mass is 10.0. The topological polar surface area (TPSA) is 51.8 Å². The monoisotopic (exact) mass is 592 g/mol. The van der Waals surface area contributed by atoms with Crippen LogP contribution in [0.4, 0.5) is 0 Å². The zero-order valence-electron chi connectivity index (χ0n) is 33.6. The number of para-hydroxylation sites is 1. The van der Waals surface area contributed by atoms with E-state index in [0.717, 1.165) is 20.2 Å². The SMILES string of the molecule is [2H]c1c([2H])c([2H])c(-c2c([2H])c([2H])c([2H])c3c2oc2c([2H])c(-c4nc(-c5ccccc5)nc(-c5cccc6c5sc5ccccc56)n4)c([2H])c([2H])c23)c([2H])c1[2H]. The van der Waals surface area contributed by atoms with Crippen LogP contribution in [0.2, 0.25) is 0 Å². The van der Waals surface area contributed by atoms with Crippen molar-refractivity contribution < 1.29 is 19.5 Å². The van der Waals surface area contributed by atoms with Crippen LogP contribution < -0.4 is 0 Å². The molecule has 0 saturated carbocycles. The van der Waals surface area contributed by atoms with Gasteiger partial charge >= 0.3 is 0 Å². The molecule has 0 aliphatic carbocycles. The first-order valence-electron chi connectivity index (χ1n) is 19.1. The van der Waals surface area contributed by atoms with E-state index in [4.69, 9.17) is 30.3 Å². The lowest BCUT2D eigenvalue weighted by Crippen LogP contribution is -2.00. The smallest absolute Gasteiger partial charge is 0.165 e. The van der Waals surface area contributed by atoms with E-state index in [9.17, 15) is 4.11 Å². The molecule has 0 N–H and O–H groups in total. The van der Waals surface area contributed by atoms with E-state index in [-0.39, 0.29) is 50.5 Å². The van der Waals surface area contributed by atoms with Crippen LogP contribution in [-0.4, -0.2) is 15.0 Å². The molecule has 4 nitrogen and oxygen atoms in total. The average molecular weight is 593 g/mol. The molecular formula is C39H23N3OS. The van der Waals surface area contributed by atoms with E-state index in [1.807, 2.05) is 72.8 Å². The number of aromatic nitrogens is 3. The van der Waals surface area contributed by atoms with Crippen molar-refractivity contribution in [2.24, 2.45) is 0 Å². The van der Waals surface area contributed by atoms with E-state index >= 15 is 0 Å². The van der Waals surface area contributed by atoms with Crippen LogP contribution in [0.3, 0.4) is 0 Å².